The number of halogens is 2. The Balaban J connectivity index is 2.29. The highest BCUT2D eigenvalue weighted by Gasteiger charge is 2.25. The molecule has 0 radical (unpaired) electrons. The molecule has 22 heavy (non-hydrogen) atoms. The predicted molar refractivity (Wildman–Crippen MR) is 77.9 cm³/mol. The first-order valence-corrected chi connectivity index (χ1v) is 6.64. The number of methoxy groups -OCH3 is 1. The third-order valence-electron chi connectivity index (χ3n) is 2.91. The first-order valence-electron chi connectivity index (χ1n) is 6.26. The molecule has 0 aliphatic carbocycles. The molecule has 0 unspecified atom stereocenters. The van der Waals surface area contributed by atoms with Gasteiger partial charge in [0.2, 0.25) is 0 Å². The third-order valence-corrected chi connectivity index (χ3v) is 3.22. The van der Waals surface area contributed by atoms with Gasteiger partial charge in [0.1, 0.15) is 5.82 Å². The average Bonchev–Trinajstić information content (AvgIpc) is 2.55. The molecule has 0 saturated carbocycles. The zero-order valence-electron chi connectivity index (χ0n) is 11.5. The number of aromatic nitrogens is 1. The smallest absolute Gasteiger partial charge is 0.333 e. The molecular weight excluding hydrogens is 311 g/mol. The van der Waals surface area contributed by atoms with Crippen LogP contribution in [0.25, 0.3) is 0 Å². The Kier molecular flexibility index (Phi) is 5.06. The van der Waals surface area contributed by atoms with Gasteiger partial charge in [0.05, 0.1) is 17.7 Å². The number of amides is 1. The van der Waals surface area contributed by atoms with E-state index in [9.17, 15) is 14.0 Å². The van der Waals surface area contributed by atoms with Gasteiger partial charge in [-0.15, -0.1) is 0 Å². The molecule has 2 aromatic rings. The second-order valence-electron chi connectivity index (χ2n) is 4.34. The minimum Gasteiger partial charge on any atom is -0.467 e. The van der Waals surface area contributed by atoms with Crippen LogP contribution in [0.5, 0.6) is 0 Å². The molecule has 5 nitrogen and oxygen atoms in total. The van der Waals surface area contributed by atoms with Crippen molar-refractivity contribution >= 4 is 23.5 Å². The van der Waals surface area contributed by atoms with Crippen LogP contribution in [0, 0.1) is 5.82 Å². The van der Waals surface area contributed by atoms with Crippen molar-refractivity contribution in [1.29, 1.82) is 0 Å². The van der Waals surface area contributed by atoms with Crippen molar-refractivity contribution in [3.63, 3.8) is 0 Å². The summed E-state index contributed by atoms with van der Waals surface area (Å²) < 4.78 is 18.2. The molecule has 0 saturated heterocycles. The Morgan fingerprint density at radius 1 is 1.36 bits per heavy atom. The molecule has 1 N–H and O–H groups in total. The molecule has 1 amide bonds. The first-order chi connectivity index (χ1) is 10.5. The van der Waals surface area contributed by atoms with E-state index >= 15 is 0 Å². The summed E-state index contributed by atoms with van der Waals surface area (Å²) in [7, 11) is 1.18. The highest BCUT2D eigenvalue weighted by molar-refractivity contribution is 6.30. The lowest BCUT2D eigenvalue weighted by molar-refractivity contribution is -0.143. The predicted octanol–water partition coefficient (Wildman–Crippen LogP) is 2.52. The number of benzene rings is 1. The van der Waals surface area contributed by atoms with Crippen LogP contribution >= 0.6 is 11.6 Å². The van der Waals surface area contributed by atoms with E-state index in [1.54, 1.807) is 12.1 Å². The van der Waals surface area contributed by atoms with Gasteiger partial charge < -0.3 is 10.1 Å². The molecular formula is C15H12ClFN2O3. The van der Waals surface area contributed by atoms with Crippen molar-refractivity contribution in [2.24, 2.45) is 0 Å². The van der Waals surface area contributed by atoms with E-state index in [4.69, 9.17) is 11.6 Å². The summed E-state index contributed by atoms with van der Waals surface area (Å²) in [5.74, 6) is -1.94. The van der Waals surface area contributed by atoms with E-state index < -0.39 is 23.7 Å². The zero-order valence-corrected chi connectivity index (χ0v) is 12.3. The molecule has 1 aromatic heterocycles. The normalized spacial score (nSPS) is 11.6. The number of carbonyl (C=O) groups is 2. The van der Waals surface area contributed by atoms with Crippen LogP contribution in [0.2, 0.25) is 5.02 Å². The summed E-state index contributed by atoms with van der Waals surface area (Å²) in [5, 5.41) is 2.41. The Morgan fingerprint density at radius 3 is 2.73 bits per heavy atom. The van der Waals surface area contributed by atoms with Crippen molar-refractivity contribution in [2.45, 2.75) is 6.04 Å². The van der Waals surface area contributed by atoms with Crippen LogP contribution in [0.4, 0.5) is 4.39 Å². The van der Waals surface area contributed by atoms with Crippen LogP contribution in [-0.2, 0) is 9.53 Å². The van der Waals surface area contributed by atoms with Crippen molar-refractivity contribution in [2.75, 3.05) is 7.11 Å². The Labute approximate surface area is 131 Å². The number of esters is 1. The van der Waals surface area contributed by atoms with Crippen molar-refractivity contribution in [3.05, 3.63) is 64.7 Å². The second kappa shape index (κ2) is 7.00. The first kappa shape index (κ1) is 15.9. The number of hydrogen-bond acceptors (Lipinski definition) is 4. The van der Waals surface area contributed by atoms with Crippen molar-refractivity contribution in [1.82, 2.24) is 10.3 Å². The maximum Gasteiger partial charge on any atom is 0.333 e. The lowest BCUT2D eigenvalue weighted by Gasteiger charge is -2.17. The molecule has 1 aromatic carbocycles. The van der Waals surface area contributed by atoms with E-state index in [2.05, 4.69) is 15.0 Å². The second-order valence-corrected chi connectivity index (χ2v) is 4.75. The minimum atomic E-state index is -1.15. The standard InChI is InChI=1S/C15H12ClFN2O3/c1-22-15(21)13(9-4-5-11(16)12(17)7-9)19-14(20)10-3-2-6-18-8-10/h2-8,13H,1H3,(H,19,20)/t13-/m1/s1. The number of hydrogen-bond donors (Lipinski definition) is 1. The number of nitrogens with zero attached hydrogens (tertiary/aromatic N) is 1. The maximum absolute atomic E-state index is 13.6. The lowest BCUT2D eigenvalue weighted by Crippen LogP contribution is -2.34. The molecule has 114 valence electrons. The number of carbonyl (C=O) groups excluding carboxylic acids is 2. The van der Waals surface area contributed by atoms with Crippen LogP contribution in [0.15, 0.2) is 42.7 Å². The SMILES string of the molecule is COC(=O)[C@H](NC(=O)c1cccnc1)c1ccc(Cl)c(F)c1. The van der Waals surface area contributed by atoms with Crippen LogP contribution in [-0.4, -0.2) is 24.0 Å². The minimum absolute atomic E-state index is 0.0778. The van der Waals surface area contributed by atoms with Gasteiger partial charge in [-0.05, 0) is 29.8 Å². The van der Waals surface area contributed by atoms with Gasteiger partial charge in [0.15, 0.2) is 6.04 Å². The Hall–Kier alpha value is -2.47. The number of pyridine rings is 1. The number of nitrogens with one attached hydrogen (secondary N) is 1. The van der Waals surface area contributed by atoms with Gasteiger partial charge in [0.25, 0.3) is 5.91 Å². The maximum atomic E-state index is 13.6. The Bertz CT molecular complexity index is 694. The molecule has 1 heterocycles. The molecule has 7 heteroatoms. The van der Waals surface area contributed by atoms with Crippen LogP contribution in [0.1, 0.15) is 22.0 Å². The fourth-order valence-electron chi connectivity index (χ4n) is 1.80. The van der Waals surface area contributed by atoms with Gasteiger partial charge >= 0.3 is 5.97 Å². The summed E-state index contributed by atoms with van der Waals surface area (Å²) in [6, 6.07) is 5.80. The fraction of sp³-hybridized carbons (Fsp3) is 0.133. The average molecular weight is 323 g/mol. The summed E-state index contributed by atoms with van der Waals surface area (Å²) in [4.78, 5) is 27.8. The van der Waals surface area contributed by atoms with Gasteiger partial charge in [0, 0.05) is 12.4 Å². The molecule has 0 aliphatic heterocycles. The quantitative estimate of drug-likeness (QED) is 0.878. The van der Waals surface area contributed by atoms with E-state index in [0.29, 0.717) is 0 Å². The Morgan fingerprint density at radius 2 is 2.14 bits per heavy atom. The highest BCUT2D eigenvalue weighted by atomic mass is 35.5. The van der Waals surface area contributed by atoms with Crippen LogP contribution < -0.4 is 5.32 Å². The largest absolute Gasteiger partial charge is 0.467 e. The third kappa shape index (κ3) is 3.59. The topological polar surface area (TPSA) is 68.3 Å². The number of rotatable bonds is 4. The van der Waals surface area contributed by atoms with Crippen molar-refractivity contribution in [3.8, 4) is 0 Å². The van der Waals surface area contributed by atoms with E-state index in [-0.39, 0.29) is 16.1 Å². The summed E-state index contributed by atoms with van der Waals surface area (Å²) in [5.41, 5.74) is 0.497. The van der Waals surface area contributed by atoms with Gasteiger partial charge in [-0.1, -0.05) is 17.7 Å². The molecule has 0 spiro atoms. The molecule has 2 rings (SSSR count). The molecule has 0 fully saturated rings. The number of ether oxygens (including phenoxy) is 1. The van der Waals surface area contributed by atoms with E-state index in [0.717, 1.165) is 6.07 Å². The summed E-state index contributed by atoms with van der Waals surface area (Å²) in [6.45, 7) is 0. The lowest BCUT2D eigenvalue weighted by atomic mass is 10.1. The van der Waals surface area contributed by atoms with Crippen molar-refractivity contribution < 1.29 is 18.7 Å². The van der Waals surface area contributed by atoms with Crippen LogP contribution in [0.3, 0.4) is 0 Å². The zero-order chi connectivity index (χ0) is 16.1. The molecule has 0 aliphatic rings. The molecule has 1 atom stereocenters. The van der Waals surface area contributed by atoms with Gasteiger partial charge in [-0.3, -0.25) is 9.78 Å². The van der Waals surface area contributed by atoms with Gasteiger partial charge in [-0.2, -0.15) is 0 Å². The van der Waals surface area contributed by atoms with Gasteiger partial charge in [-0.25, -0.2) is 9.18 Å². The fourth-order valence-corrected chi connectivity index (χ4v) is 1.92. The van der Waals surface area contributed by atoms with E-state index in [1.165, 1.54) is 31.6 Å². The van der Waals surface area contributed by atoms with E-state index in [1.807, 2.05) is 0 Å². The highest BCUT2D eigenvalue weighted by Crippen LogP contribution is 2.21. The monoisotopic (exact) mass is 322 g/mol. The molecule has 0 bridgehead atoms. The summed E-state index contributed by atoms with van der Waals surface area (Å²) in [6.07, 6.45) is 2.87. The summed E-state index contributed by atoms with van der Waals surface area (Å²) >= 11 is 5.61.